The van der Waals surface area contributed by atoms with Crippen LogP contribution in [0.5, 0.6) is 0 Å². The SMILES string of the molecule is CCOC(=O)Cc1ccnc(C(F)(F)F)c1C(F)(F)F. The van der Waals surface area contributed by atoms with Crippen molar-refractivity contribution in [3.05, 3.63) is 29.1 Å². The van der Waals surface area contributed by atoms with Crippen LogP contribution in [0.2, 0.25) is 0 Å². The van der Waals surface area contributed by atoms with Crippen molar-refractivity contribution in [3.8, 4) is 0 Å². The maximum atomic E-state index is 12.8. The lowest BCUT2D eigenvalue weighted by atomic mass is 10.0. The van der Waals surface area contributed by atoms with Crippen molar-refractivity contribution in [3.63, 3.8) is 0 Å². The summed E-state index contributed by atoms with van der Waals surface area (Å²) in [6, 6.07) is 0.717. The number of carbonyl (C=O) groups excluding carboxylic acids is 1. The van der Waals surface area contributed by atoms with Crippen LogP contribution in [0.25, 0.3) is 0 Å². The van der Waals surface area contributed by atoms with Crippen LogP contribution in [0.4, 0.5) is 26.3 Å². The Morgan fingerprint density at radius 3 is 2.25 bits per heavy atom. The van der Waals surface area contributed by atoms with Gasteiger partial charge in [-0.25, -0.2) is 0 Å². The van der Waals surface area contributed by atoms with E-state index in [9.17, 15) is 31.1 Å². The van der Waals surface area contributed by atoms with Gasteiger partial charge in [-0.15, -0.1) is 0 Å². The van der Waals surface area contributed by atoms with Crippen molar-refractivity contribution in [2.24, 2.45) is 0 Å². The Balaban J connectivity index is 3.35. The number of aromatic nitrogens is 1. The fourth-order valence-corrected chi connectivity index (χ4v) is 1.55. The van der Waals surface area contributed by atoms with E-state index in [-0.39, 0.29) is 6.61 Å². The van der Waals surface area contributed by atoms with E-state index in [0.717, 1.165) is 6.07 Å². The van der Waals surface area contributed by atoms with E-state index in [2.05, 4.69) is 9.72 Å². The number of rotatable bonds is 3. The Bertz CT molecular complexity index is 495. The zero-order chi connectivity index (χ0) is 15.6. The van der Waals surface area contributed by atoms with E-state index < -0.39 is 41.6 Å². The molecule has 112 valence electrons. The van der Waals surface area contributed by atoms with E-state index >= 15 is 0 Å². The number of ether oxygens (including phenoxy) is 1. The number of carbonyl (C=O) groups is 1. The summed E-state index contributed by atoms with van der Waals surface area (Å²) in [6.45, 7) is 1.34. The summed E-state index contributed by atoms with van der Waals surface area (Å²) in [5, 5.41) is 0. The smallest absolute Gasteiger partial charge is 0.433 e. The Labute approximate surface area is 109 Å². The maximum Gasteiger partial charge on any atom is 0.433 e. The number of hydrogen-bond acceptors (Lipinski definition) is 3. The zero-order valence-corrected chi connectivity index (χ0v) is 10.1. The van der Waals surface area contributed by atoms with Crippen LogP contribution in [0.1, 0.15) is 23.7 Å². The molecular weight excluding hydrogens is 292 g/mol. The molecule has 0 unspecified atom stereocenters. The van der Waals surface area contributed by atoms with Gasteiger partial charge >= 0.3 is 18.3 Å². The Morgan fingerprint density at radius 2 is 1.80 bits per heavy atom. The molecule has 1 aromatic rings. The van der Waals surface area contributed by atoms with Crippen LogP contribution in [0, 0.1) is 0 Å². The standard InChI is InChI=1S/C11H9F6NO2/c1-2-20-7(19)5-6-3-4-18-9(11(15,16)17)8(6)10(12,13)14/h3-4H,2,5H2,1H3. The topological polar surface area (TPSA) is 39.2 Å². The minimum absolute atomic E-state index is 0.0859. The maximum absolute atomic E-state index is 12.8. The largest absolute Gasteiger partial charge is 0.466 e. The van der Waals surface area contributed by atoms with E-state index in [4.69, 9.17) is 0 Å². The quantitative estimate of drug-likeness (QED) is 0.635. The molecule has 0 spiro atoms. The van der Waals surface area contributed by atoms with Crippen LogP contribution < -0.4 is 0 Å². The van der Waals surface area contributed by atoms with Gasteiger partial charge in [0.1, 0.15) is 0 Å². The molecule has 0 aromatic carbocycles. The minimum atomic E-state index is -5.28. The second kappa shape index (κ2) is 5.68. The fraction of sp³-hybridized carbons (Fsp3) is 0.455. The molecule has 1 rings (SSSR count). The Hall–Kier alpha value is -1.80. The predicted molar refractivity (Wildman–Crippen MR) is 54.6 cm³/mol. The van der Waals surface area contributed by atoms with Gasteiger partial charge in [0.05, 0.1) is 18.6 Å². The molecule has 3 nitrogen and oxygen atoms in total. The average molecular weight is 301 g/mol. The number of esters is 1. The highest BCUT2D eigenvalue weighted by atomic mass is 19.4. The van der Waals surface area contributed by atoms with Crippen molar-refractivity contribution < 1.29 is 35.9 Å². The molecule has 0 bridgehead atoms. The molecule has 20 heavy (non-hydrogen) atoms. The normalized spacial score (nSPS) is 12.3. The summed E-state index contributed by atoms with van der Waals surface area (Å²) < 4.78 is 80.5. The van der Waals surface area contributed by atoms with Gasteiger partial charge in [0, 0.05) is 6.20 Å². The molecule has 0 atom stereocenters. The lowest BCUT2D eigenvalue weighted by Gasteiger charge is -2.17. The third kappa shape index (κ3) is 3.84. The molecule has 1 heterocycles. The minimum Gasteiger partial charge on any atom is -0.466 e. The fourth-order valence-electron chi connectivity index (χ4n) is 1.55. The summed E-state index contributed by atoms with van der Waals surface area (Å²) in [5.74, 6) is -1.04. The zero-order valence-electron chi connectivity index (χ0n) is 10.1. The van der Waals surface area contributed by atoms with E-state index in [1.807, 2.05) is 0 Å². The van der Waals surface area contributed by atoms with Crippen molar-refractivity contribution in [1.29, 1.82) is 0 Å². The molecule has 1 aromatic heterocycles. The van der Waals surface area contributed by atoms with Crippen molar-refractivity contribution >= 4 is 5.97 Å². The molecule has 0 saturated carbocycles. The Morgan fingerprint density at radius 1 is 1.20 bits per heavy atom. The van der Waals surface area contributed by atoms with E-state index in [1.165, 1.54) is 6.92 Å². The first-order chi connectivity index (χ1) is 9.07. The molecule has 0 amide bonds. The number of nitrogens with zero attached hydrogens (tertiary/aromatic N) is 1. The monoisotopic (exact) mass is 301 g/mol. The molecular formula is C11H9F6NO2. The second-order valence-corrected chi connectivity index (χ2v) is 3.67. The summed E-state index contributed by atoms with van der Waals surface area (Å²) in [4.78, 5) is 13.9. The van der Waals surface area contributed by atoms with Crippen molar-refractivity contribution in [1.82, 2.24) is 4.98 Å². The van der Waals surface area contributed by atoms with Gasteiger partial charge in [-0.05, 0) is 18.6 Å². The first-order valence-electron chi connectivity index (χ1n) is 5.35. The van der Waals surface area contributed by atoms with Crippen molar-refractivity contribution in [2.75, 3.05) is 6.61 Å². The van der Waals surface area contributed by atoms with Gasteiger partial charge in [-0.2, -0.15) is 26.3 Å². The molecule has 0 N–H and O–H groups in total. The number of alkyl halides is 6. The molecule has 0 radical (unpaired) electrons. The Kier molecular flexibility index (Phi) is 4.61. The highest BCUT2D eigenvalue weighted by molar-refractivity contribution is 5.73. The lowest BCUT2D eigenvalue weighted by Crippen LogP contribution is -2.22. The summed E-state index contributed by atoms with van der Waals surface area (Å²) in [6.07, 6.45) is -10.9. The lowest BCUT2D eigenvalue weighted by molar-refractivity contribution is -0.165. The first kappa shape index (κ1) is 16.3. The molecule has 0 aliphatic heterocycles. The van der Waals surface area contributed by atoms with E-state index in [0.29, 0.717) is 6.20 Å². The third-order valence-electron chi connectivity index (χ3n) is 2.23. The molecule has 0 fully saturated rings. The van der Waals surface area contributed by atoms with E-state index in [1.54, 1.807) is 0 Å². The van der Waals surface area contributed by atoms with Crippen molar-refractivity contribution in [2.45, 2.75) is 25.7 Å². The highest BCUT2D eigenvalue weighted by Crippen LogP contribution is 2.40. The number of halogens is 6. The van der Waals surface area contributed by atoms with Gasteiger partial charge < -0.3 is 4.74 Å². The van der Waals surface area contributed by atoms with Gasteiger partial charge in [0.25, 0.3) is 0 Å². The predicted octanol–water partition coefficient (Wildman–Crippen LogP) is 3.22. The summed E-state index contributed by atoms with van der Waals surface area (Å²) in [7, 11) is 0. The molecule has 0 saturated heterocycles. The number of hydrogen-bond donors (Lipinski definition) is 0. The highest BCUT2D eigenvalue weighted by Gasteiger charge is 2.46. The summed E-state index contributed by atoms with van der Waals surface area (Å²) >= 11 is 0. The summed E-state index contributed by atoms with van der Waals surface area (Å²) in [5.41, 5.74) is -4.84. The second-order valence-electron chi connectivity index (χ2n) is 3.67. The first-order valence-corrected chi connectivity index (χ1v) is 5.35. The number of pyridine rings is 1. The molecule has 0 aliphatic rings. The van der Waals surface area contributed by atoms with Crippen LogP contribution in [0.3, 0.4) is 0 Å². The average Bonchev–Trinajstić information content (AvgIpc) is 2.26. The van der Waals surface area contributed by atoms with Crippen LogP contribution >= 0.6 is 0 Å². The van der Waals surface area contributed by atoms with Gasteiger partial charge in [0.2, 0.25) is 0 Å². The van der Waals surface area contributed by atoms with Crippen LogP contribution in [-0.2, 0) is 28.3 Å². The van der Waals surface area contributed by atoms with Gasteiger partial charge in [-0.3, -0.25) is 9.78 Å². The van der Waals surface area contributed by atoms with Crippen LogP contribution in [0.15, 0.2) is 12.3 Å². The molecule has 0 aliphatic carbocycles. The third-order valence-corrected chi connectivity index (χ3v) is 2.23. The van der Waals surface area contributed by atoms with Crippen LogP contribution in [-0.4, -0.2) is 17.6 Å². The molecule has 9 heteroatoms. The van der Waals surface area contributed by atoms with Gasteiger partial charge in [-0.1, -0.05) is 0 Å². The van der Waals surface area contributed by atoms with Gasteiger partial charge in [0.15, 0.2) is 5.69 Å².